The highest BCUT2D eigenvalue weighted by Gasteiger charge is 2.40. The highest BCUT2D eigenvalue weighted by atomic mass is 32.2. The number of carbonyl (C=O) groups excluding carboxylic acids is 1. The molecule has 2 unspecified atom stereocenters. The van der Waals surface area contributed by atoms with Gasteiger partial charge in [-0.2, -0.15) is 4.98 Å². The van der Waals surface area contributed by atoms with Crippen LogP contribution in [0.2, 0.25) is 0 Å². The number of benzene rings is 2. The van der Waals surface area contributed by atoms with Crippen molar-refractivity contribution in [2.75, 3.05) is 29.2 Å². The van der Waals surface area contributed by atoms with Crippen LogP contribution in [0.5, 0.6) is 0 Å². The zero-order valence-electron chi connectivity index (χ0n) is 25.5. The van der Waals surface area contributed by atoms with Crippen molar-refractivity contribution in [1.82, 2.24) is 14.9 Å². The number of anilines is 3. The standard InChI is InChI=1S/C31H39F2N7O3S/c1-18(2)39-29-26(17-35-30(37-29)36-22-10-12-23(13-11-22)38(4)5)19(3)40(31(39)41)24-14-15-25(27(33)16-24)28(44(34,42)43)20-6-8-21(32)9-7-20/h6-9,14-19,22-23,28H,10-13H2,1-5H3,(H2,34,42,43)(H,35,36,37). The van der Waals surface area contributed by atoms with Crippen LogP contribution < -0.4 is 20.3 Å². The van der Waals surface area contributed by atoms with Crippen molar-refractivity contribution < 1.29 is 22.0 Å². The number of rotatable bonds is 8. The summed E-state index contributed by atoms with van der Waals surface area (Å²) in [4.78, 5) is 28.6. The molecule has 10 nitrogen and oxygen atoms in total. The Hall–Kier alpha value is -3.68. The largest absolute Gasteiger partial charge is 0.351 e. The fraction of sp³-hybridized carbons (Fsp3) is 0.452. The Morgan fingerprint density at radius 2 is 1.70 bits per heavy atom. The second-order valence-corrected chi connectivity index (χ2v) is 13.8. The van der Waals surface area contributed by atoms with Crippen molar-refractivity contribution in [1.29, 1.82) is 0 Å². The first-order valence-electron chi connectivity index (χ1n) is 14.7. The molecule has 0 saturated heterocycles. The number of hydrogen-bond donors (Lipinski definition) is 2. The summed E-state index contributed by atoms with van der Waals surface area (Å²) in [5.41, 5.74) is 0.834. The Balaban J connectivity index is 1.45. The number of nitrogens with two attached hydrogens (primary N) is 1. The minimum Gasteiger partial charge on any atom is -0.351 e. The summed E-state index contributed by atoms with van der Waals surface area (Å²) in [7, 11) is -0.119. The maximum atomic E-state index is 15.7. The van der Waals surface area contributed by atoms with E-state index in [4.69, 9.17) is 10.1 Å². The first-order valence-corrected chi connectivity index (χ1v) is 16.4. The molecule has 3 N–H and O–H groups in total. The molecule has 0 spiro atoms. The molecule has 44 heavy (non-hydrogen) atoms. The Kier molecular flexibility index (Phi) is 8.92. The van der Waals surface area contributed by atoms with Gasteiger partial charge < -0.3 is 10.2 Å². The number of hydrogen-bond acceptors (Lipinski definition) is 7. The Morgan fingerprint density at radius 3 is 2.27 bits per heavy atom. The smallest absolute Gasteiger partial charge is 0.330 e. The monoisotopic (exact) mass is 627 g/mol. The number of nitrogens with zero attached hydrogens (tertiary/aromatic N) is 5. The van der Waals surface area contributed by atoms with Gasteiger partial charge in [0.15, 0.2) is 0 Å². The lowest BCUT2D eigenvalue weighted by Crippen LogP contribution is -2.52. The zero-order chi connectivity index (χ0) is 31.9. The summed E-state index contributed by atoms with van der Waals surface area (Å²) >= 11 is 0. The number of urea groups is 1. The number of aromatic nitrogens is 2. The summed E-state index contributed by atoms with van der Waals surface area (Å²) in [6, 6.07) is 8.17. The van der Waals surface area contributed by atoms with E-state index in [9.17, 15) is 17.6 Å². The maximum absolute atomic E-state index is 15.7. The van der Waals surface area contributed by atoms with Crippen LogP contribution in [0, 0.1) is 11.6 Å². The molecule has 2 aliphatic rings. The average Bonchev–Trinajstić information content (AvgIpc) is 2.95. The van der Waals surface area contributed by atoms with Crippen LogP contribution in [0.15, 0.2) is 48.7 Å². The number of halogens is 2. The quantitative estimate of drug-likeness (QED) is 0.346. The topological polar surface area (TPSA) is 125 Å². The summed E-state index contributed by atoms with van der Waals surface area (Å²) in [6.07, 6.45) is 5.85. The van der Waals surface area contributed by atoms with Gasteiger partial charge in [0.1, 0.15) is 22.7 Å². The van der Waals surface area contributed by atoms with Crippen LogP contribution in [0.25, 0.3) is 0 Å². The molecule has 1 aliphatic heterocycles. The van der Waals surface area contributed by atoms with Gasteiger partial charge in [0.2, 0.25) is 16.0 Å². The molecule has 2 aromatic carbocycles. The molecule has 13 heteroatoms. The molecule has 0 radical (unpaired) electrons. The fourth-order valence-electron chi connectivity index (χ4n) is 6.23. The highest BCUT2D eigenvalue weighted by molar-refractivity contribution is 7.89. The van der Waals surface area contributed by atoms with Gasteiger partial charge in [0.05, 0.1) is 6.04 Å². The normalized spacial score (nSPS) is 21.5. The predicted octanol–water partition coefficient (Wildman–Crippen LogP) is 5.33. The molecule has 2 atom stereocenters. The van der Waals surface area contributed by atoms with E-state index >= 15 is 4.39 Å². The van der Waals surface area contributed by atoms with Crippen LogP contribution in [0.1, 0.15) is 74.4 Å². The van der Waals surface area contributed by atoms with E-state index in [0.29, 0.717) is 23.4 Å². The van der Waals surface area contributed by atoms with E-state index in [1.165, 1.54) is 29.2 Å². The lowest BCUT2D eigenvalue weighted by molar-refractivity contribution is 0.221. The number of nitrogens with one attached hydrogen (secondary N) is 1. The van der Waals surface area contributed by atoms with E-state index in [2.05, 4.69) is 29.3 Å². The van der Waals surface area contributed by atoms with Crippen LogP contribution in [-0.2, 0) is 10.0 Å². The summed E-state index contributed by atoms with van der Waals surface area (Å²) in [5, 5.41) is 7.38. The average molecular weight is 628 g/mol. The van der Waals surface area contributed by atoms with Gasteiger partial charge in [-0.15, -0.1) is 0 Å². The van der Waals surface area contributed by atoms with E-state index in [1.54, 1.807) is 11.1 Å². The zero-order valence-corrected chi connectivity index (χ0v) is 26.4. The lowest BCUT2D eigenvalue weighted by atomic mass is 9.90. The van der Waals surface area contributed by atoms with E-state index in [-0.39, 0.29) is 28.9 Å². The molecular formula is C31H39F2N7O3S. The van der Waals surface area contributed by atoms with E-state index in [0.717, 1.165) is 43.9 Å². The van der Waals surface area contributed by atoms with E-state index in [1.807, 2.05) is 20.8 Å². The van der Waals surface area contributed by atoms with Gasteiger partial charge in [0.25, 0.3) is 0 Å². The summed E-state index contributed by atoms with van der Waals surface area (Å²) < 4.78 is 54.3. The van der Waals surface area contributed by atoms with Crippen LogP contribution in [-0.4, -0.2) is 61.5 Å². The number of amides is 2. The summed E-state index contributed by atoms with van der Waals surface area (Å²) in [5.74, 6) is -0.478. The second kappa shape index (κ2) is 12.4. The molecular weight excluding hydrogens is 588 g/mol. The third kappa shape index (κ3) is 6.26. The lowest BCUT2D eigenvalue weighted by Gasteiger charge is -2.42. The van der Waals surface area contributed by atoms with Gasteiger partial charge in [-0.25, -0.2) is 32.1 Å². The molecule has 2 amide bonds. The van der Waals surface area contributed by atoms with Gasteiger partial charge in [0, 0.05) is 41.1 Å². The fourth-order valence-corrected chi connectivity index (χ4v) is 7.31. The SMILES string of the molecule is CC(C)N1C(=O)N(c2ccc(C(c3ccc(F)cc3)S(N)(=O)=O)c(F)c2)C(C)c2cnc(NC3CCC(N(C)C)CC3)nc21. The first kappa shape index (κ1) is 31.7. The number of fused-ring (bicyclic) bond motifs is 1. The van der Waals surface area contributed by atoms with Gasteiger partial charge >= 0.3 is 6.03 Å². The number of primary sulfonamides is 1. The molecule has 0 bridgehead atoms. The molecule has 1 aromatic heterocycles. The molecule has 2 heterocycles. The Bertz CT molecular complexity index is 1630. The van der Waals surface area contributed by atoms with Crippen molar-refractivity contribution in [2.45, 2.75) is 75.9 Å². The third-order valence-electron chi connectivity index (χ3n) is 8.60. The molecule has 3 aromatic rings. The van der Waals surface area contributed by atoms with Crippen LogP contribution in [0.3, 0.4) is 0 Å². The third-order valence-corrected chi connectivity index (χ3v) is 9.78. The Labute approximate surface area is 257 Å². The molecule has 1 aliphatic carbocycles. The van der Waals surface area contributed by atoms with Crippen molar-refractivity contribution in [3.8, 4) is 0 Å². The highest BCUT2D eigenvalue weighted by Crippen LogP contribution is 2.41. The van der Waals surface area contributed by atoms with Gasteiger partial charge in [-0.1, -0.05) is 18.2 Å². The number of sulfonamides is 1. The minimum atomic E-state index is -4.32. The second-order valence-electron chi connectivity index (χ2n) is 12.1. The van der Waals surface area contributed by atoms with E-state index < -0.39 is 39.0 Å². The van der Waals surface area contributed by atoms with Crippen molar-refractivity contribution >= 4 is 33.5 Å². The number of carbonyl (C=O) groups is 1. The maximum Gasteiger partial charge on any atom is 0.330 e. The van der Waals surface area contributed by atoms with Crippen molar-refractivity contribution in [3.63, 3.8) is 0 Å². The Morgan fingerprint density at radius 1 is 1.05 bits per heavy atom. The van der Waals surface area contributed by atoms with Gasteiger partial charge in [-0.05, 0) is 90.4 Å². The molecule has 5 rings (SSSR count). The molecule has 236 valence electrons. The summed E-state index contributed by atoms with van der Waals surface area (Å²) in [6.45, 7) is 5.55. The first-order chi connectivity index (χ1) is 20.8. The molecule has 1 saturated carbocycles. The minimum absolute atomic E-state index is 0.121. The van der Waals surface area contributed by atoms with Crippen molar-refractivity contribution in [2.24, 2.45) is 5.14 Å². The molecule has 1 fully saturated rings. The predicted molar refractivity (Wildman–Crippen MR) is 167 cm³/mol. The van der Waals surface area contributed by atoms with Crippen molar-refractivity contribution in [3.05, 3.63) is 77.0 Å². The van der Waals surface area contributed by atoms with Crippen LogP contribution >= 0.6 is 0 Å². The van der Waals surface area contributed by atoms with Gasteiger partial charge in [-0.3, -0.25) is 9.80 Å². The van der Waals surface area contributed by atoms with Crippen LogP contribution in [0.4, 0.5) is 31.0 Å².